The molecule has 0 radical (unpaired) electrons. The molecule has 0 saturated carbocycles. The summed E-state index contributed by atoms with van der Waals surface area (Å²) in [5.74, 6) is 0. The maximum Gasteiger partial charge on any atom is 0.294 e. The predicted octanol–water partition coefficient (Wildman–Crippen LogP) is 2.27. The highest BCUT2D eigenvalue weighted by molar-refractivity contribution is 7.85. The predicted molar refractivity (Wildman–Crippen MR) is 80.9 cm³/mol. The molecule has 4 nitrogen and oxygen atoms in total. The van der Waals surface area contributed by atoms with Gasteiger partial charge < -0.3 is 0 Å². The fourth-order valence-electron chi connectivity index (χ4n) is 2.52. The molecule has 0 saturated heterocycles. The zero-order chi connectivity index (χ0) is 15.8. The van der Waals surface area contributed by atoms with E-state index in [9.17, 15) is 13.0 Å². The van der Waals surface area contributed by atoms with E-state index in [1.54, 1.807) is 12.1 Å². The minimum atomic E-state index is -4.21. The molecule has 1 aromatic heterocycles. The average molecular weight is 306 g/mol. The van der Waals surface area contributed by atoms with Crippen molar-refractivity contribution in [1.82, 2.24) is 0 Å². The highest BCUT2D eigenvalue weighted by atomic mass is 32.2. The molecule has 1 N–H and O–H groups in total. The number of aromatic nitrogens is 1. The fourth-order valence-corrected chi connectivity index (χ4v) is 3.22. The van der Waals surface area contributed by atoms with Crippen molar-refractivity contribution in [3.05, 3.63) is 58.4 Å². The van der Waals surface area contributed by atoms with Gasteiger partial charge in [0.25, 0.3) is 10.1 Å². The minimum absolute atomic E-state index is 0.0211. The molecule has 2 aromatic rings. The second kappa shape index (κ2) is 5.58. The van der Waals surface area contributed by atoms with Gasteiger partial charge in [-0.25, -0.2) is 4.57 Å². The molecule has 0 fully saturated rings. The van der Waals surface area contributed by atoms with E-state index < -0.39 is 10.1 Å². The summed E-state index contributed by atoms with van der Waals surface area (Å²) >= 11 is 0. The van der Waals surface area contributed by atoms with Crippen molar-refractivity contribution >= 4 is 10.1 Å². The molecule has 0 aliphatic rings. The number of aryl methyl sites for hydroxylation is 3. The summed E-state index contributed by atoms with van der Waals surface area (Å²) in [7, 11) is -2.26. The third kappa shape index (κ3) is 3.49. The van der Waals surface area contributed by atoms with Crippen LogP contribution in [0.5, 0.6) is 0 Å². The van der Waals surface area contributed by atoms with Crippen LogP contribution in [0, 0.1) is 20.8 Å². The van der Waals surface area contributed by atoms with Crippen LogP contribution in [0.1, 0.15) is 28.1 Å². The number of hydrogen-bond acceptors (Lipinski definition) is 2. The van der Waals surface area contributed by atoms with Crippen LogP contribution in [0.4, 0.5) is 0 Å². The van der Waals surface area contributed by atoms with Crippen LogP contribution < -0.4 is 4.57 Å². The molecule has 1 heterocycles. The van der Waals surface area contributed by atoms with E-state index in [4.69, 9.17) is 0 Å². The third-order valence-electron chi connectivity index (χ3n) is 3.66. The summed E-state index contributed by atoms with van der Waals surface area (Å²) in [6.07, 6.45) is 0.454. The van der Waals surface area contributed by atoms with E-state index in [0.29, 0.717) is 12.0 Å². The Bertz CT molecular complexity index is 795. The Morgan fingerprint density at radius 1 is 1.05 bits per heavy atom. The third-order valence-corrected chi connectivity index (χ3v) is 4.61. The van der Waals surface area contributed by atoms with Crippen LogP contribution in [0.15, 0.2) is 35.2 Å². The largest absolute Gasteiger partial charge is 0.294 e. The number of hydrogen-bond donors (Lipinski definition) is 1. The van der Waals surface area contributed by atoms with Gasteiger partial charge in [0.1, 0.15) is 7.05 Å². The fraction of sp³-hybridized carbons (Fsp3) is 0.312. The smallest absolute Gasteiger partial charge is 0.282 e. The molecule has 0 amide bonds. The highest BCUT2D eigenvalue weighted by Gasteiger charge is 2.19. The van der Waals surface area contributed by atoms with Crippen molar-refractivity contribution in [1.29, 1.82) is 0 Å². The van der Waals surface area contributed by atoms with Gasteiger partial charge in [0, 0.05) is 19.1 Å². The molecule has 21 heavy (non-hydrogen) atoms. The zero-order valence-electron chi connectivity index (χ0n) is 12.7. The molecule has 0 spiro atoms. The van der Waals surface area contributed by atoms with Crippen molar-refractivity contribution in [2.24, 2.45) is 7.05 Å². The first-order valence-electron chi connectivity index (χ1n) is 6.71. The average Bonchev–Trinajstić information content (AvgIpc) is 2.34. The summed E-state index contributed by atoms with van der Waals surface area (Å²) in [6, 6.07) is 9.06. The molecule has 0 aliphatic carbocycles. The van der Waals surface area contributed by atoms with Crippen LogP contribution in [0.3, 0.4) is 0 Å². The van der Waals surface area contributed by atoms with Gasteiger partial charge in [0.15, 0.2) is 11.4 Å². The van der Waals surface area contributed by atoms with Crippen molar-refractivity contribution in [2.45, 2.75) is 32.1 Å². The van der Waals surface area contributed by atoms with Gasteiger partial charge in [0.05, 0.1) is 11.3 Å². The summed E-state index contributed by atoms with van der Waals surface area (Å²) < 4.78 is 34.5. The van der Waals surface area contributed by atoms with Gasteiger partial charge in [0.2, 0.25) is 0 Å². The maximum absolute atomic E-state index is 11.5. The lowest BCUT2D eigenvalue weighted by atomic mass is 10.0. The van der Waals surface area contributed by atoms with E-state index in [1.165, 1.54) is 6.07 Å². The van der Waals surface area contributed by atoms with Crippen molar-refractivity contribution in [2.75, 3.05) is 0 Å². The van der Waals surface area contributed by atoms with Crippen molar-refractivity contribution < 1.29 is 17.5 Å². The topological polar surface area (TPSA) is 58.3 Å². The first kappa shape index (κ1) is 15.7. The molecule has 0 aliphatic heterocycles. The van der Waals surface area contributed by atoms with Gasteiger partial charge in [-0.15, -0.1) is 0 Å². The van der Waals surface area contributed by atoms with Gasteiger partial charge in [-0.2, -0.15) is 8.42 Å². The number of pyridine rings is 1. The highest BCUT2D eigenvalue weighted by Crippen LogP contribution is 2.20. The Morgan fingerprint density at radius 2 is 1.71 bits per heavy atom. The summed E-state index contributed by atoms with van der Waals surface area (Å²) in [5.41, 5.74) is 4.80. The lowest BCUT2D eigenvalue weighted by Crippen LogP contribution is -2.37. The first-order valence-corrected chi connectivity index (χ1v) is 8.15. The second-order valence-corrected chi connectivity index (χ2v) is 6.88. The van der Waals surface area contributed by atoms with Crippen LogP contribution in [0.25, 0.3) is 0 Å². The minimum Gasteiger partial charge on any atom is -0.282 e. The molecule has 2 rings (SSSR count). The SMILES string of the molecule is Cc1ccc(S(=O)(=O)O)c(Cc2cc(C)cc(C)[n+]2C)c1. The molecule has 0 atom stereocenters. The van der Waals surface area contributed by atoms with E-state index in [0.717, 1.165) is 22.5 Å². The molecule has 0 bridgehead atoms. The molecule has 1 aromatic carbocycles. The quantitative estimate of drug-likeness (QED) is 0.699. The summed E-state index contributed by atoms with van der Waals surface area (Å²) in [6.45, 7) is 5.92. The monoisotopic (exact) mass is 306 g/mol. The first-order chi connectivity index (χ1) is 9.68. The number of benzene rings is 1. The zero-order valence-corrected chi connectivity index (χ0v) is 13.5. The van der Waals surface area contributed by atoms with Crippen LogP contribution in [0.2, 0.25) is 0 Å². The van der Waals surface area contributed by atoms with Crippen LogP contribution in [-0.4, -0.2) is 13.0 Å². The normalized spacial score (nSPS) is 11.7. The van der Waals surface area contributed by atoms with Gasteiger partial charge in [-0.3, -0.25) is 4.55 Å². The van der Waals surface area contributed by atoms with E-state index in [-0.39, 0.29) is 4.90 Å². The lowest BCUT2D eigenvalue weighted by molar-refractivity contribution is -0.684. The standard InChI is InChI=1S/C16H19NO3S/c1-11-5-6-16(21(18,19)20)14(8-11)10-15-9-12(2)7-13(3)17(15)4/h5-9H,10H2,1-4H3/p+1. The van der Waals surface area contributed by atoms with Crippen molar-refractivity contribution in [3.8, 4) is 0 Å². The van der Waals surface area contributed by atoms with Gasteiger partial charge in [-0.05, 0) is 31.0 Å². The van der Waals surface area contributed by atoms with E-state index in [2.05, 4.69) is 6.07 Å². The molecule has 112 valence electrons. The Hall–Kier alpha value is -1.72. The number of rotatable bonds is 3. The molecule has 0 unspecified atom stereocenters. The Kier molecular flexibility index (Phi) is 4.16. The van der Waals surface area contributed by atoms with Crippen LogP contribution >= 0.6 is 0 Å². The van der Waals surface area contributed by atoms with Gasteiger partial charge >= 0.3 is 0 Å². The van der Waals surface area contributed by atoms with E-state index >= 15 is 0 Å². The van der Waals surface area contributed by atoms with Gasteiger partial charge in [-0.1, -0.05) is 17.7 Å². The Balaban J connectivity index is 2.57. The van der Waals surface area contributed by atoms with E-state index in [1.807, 2.05) is 38.5 Å². The summed E-state index contributed by atoms with van der Waals surface area (Å²) in [5, 5.41) is 0. The molecular weight excluding hydrogens is 286 g/mol. The lowest BCUT2D eigenvalue weighted by Gasteiger charge is -2.09. The Labute approximate surface area is 125 Å². The molecular formula is C16H20NO3S+. The Morgan fingerprint density at radius 3 is 2.33 bits per heavy atom. The summed E-state index contributed by atoms with van der Waals surface area (Å²) in [4.78, 5) is -0.0211. The van der Waals surface area contributed by atoms with Crippen molar-refractivity contribution in [3.63, 3.8) is 0 Å². The second-order valence-electron chi connectivity index (χ2n) is 5.49. The maximum atomic E-state index is 11.5. The molecule has 5 heteroatoms. The van der Waals surface area contributed by atoms with Crippen LogP contribution in [-0.2, 0) is 23.6 Å². The number of nitrogens with zero attached hydrogens (tertiary/aromatic N) is 1.